The molecule has 1 fully saturated rings. The summed E-state index contributed by atoms with van der Waals surface area (Å²) in [6, 6.07) is 9.08. The summed E-state index contributed by atoms with van der Waals surface area (Å²) in [5, 5.41) is 8.62. The lowest BCUT2D eigenvalue weighted by Gasteiger charge is -2.33. The Morgan fingerprint density at radius 2 is 2.06 bits per heavy atom. The highest BCUT2D eigenvalue weighted by Crippen LogP contribution is 2.31. The van der Waals surface area contributed by atoms with E-state index in [0.717, 1.165) is 12.3 Å². The second kappa shape index (κ2) is 8.37. The highest BCUT2D eigenvalue weighted by Gasteiger charge is 2.33. The van der Waals surface area contributed by atoms with Crippen LogP contribution < -0.4 is 4.74 Å². The number of benzene rings is 1. The molecule has 2 aromatic heterocycles. The maximum absolute atomic E-state index is 13.1. The molecule has 1 aliphatic heterocycles. The molecule has 0 saturated carbocycles. The van der Waals surface area contributed by atoms with Crippen LogP contribution in [-0.4, -0.2) is 44.6 Å². The molecule has 2 unspecified atom stereocenters. The quantitative estimate of drug-likeness (QED) is 0.581. The summed E-state index contributed by atoms with van der Waals surface area (Å²) in [6.07, 6.45) is -2.78. The van der Waals surface area contributed by atoms with Crippen molar-refractivity contribution in [1.82, 2.24) is 19.5 Å². The first-order chi connectivity index (χ1) is 14.7. The zero-order valence-electron chi connectivity index (χ0n) is 16.6. The molecule has 1 aliphatic rings. The molecular formula is C21H20ClF3N4O2. The Balaban J connectivity index is 1.51. The van der Waals surface area contributed by atoms with E-state index in [1.165, 1.54) is 10.5 Å². The number of amides is 1. The smallest absolute Gasteiger partial charge is 0.417 e. The third-order valence-electron chi connectivity index (χ3n) is 5.31. The van der Waals surface area contributed by atoms with E-state index < -0.39 is 17.8 Å². The molecule has 0 aliphatic carbocycles. The summed E-state index contributed by atoms with van der Waals surface area (Å²) in [5.41, 5.74) is -0.433. The summed E-state index contributed by atoms with van der Waals surface area (Å²) >= 11 is 5.96. The first-order valence-corrected chi connectivity index (χ1v) is 10.2. The molecule has 4 rings (SSSR count). The monoisotopic (exact) mass is 452 g/mol. The Morgan fingerprint density at radius 3 is 2.81 bits per heavy atom. The molecule has 164 valence electrons. The van der Waals surface area contributed by atoms with Crippen LogP contribution in [0.3, 0.4) is 0 Å². The Kier molecular flexibility index (Phi) is 5.79. The van der Waals surface area contributed by atoms with Gasteiger partial charge in [0.1, 0.15) is 11.6 Å². The second-order valence-corrected chi connectivity index (χ2v) is 7.98. The summed E-state index contributed by atoms with van der Waals surface area (Å²) in [5.74, 6) is 0.482. The van der Waals surface area contributed by atoms with Gasteiger partial charge in [0.05, 0.1) is 5.56 Å². The lowest BCUT2D eigenvalue weighted by Crippen LogP contribution is -2.45. The van der Waals surface area contributed by atoms with Crippen LogP contribution in [0, 0.1) is 0 Å². The molecule has 3 heterocycles. The number of likely N-dealkylation sites (tertiary alicyclic amines) is 1. The van der Waals surface area contributed by atoms with Crippen LogP contribution >= 0.6 is 11.6 Å². The molecule has 0 N–H and O–H groups in total. The SMILES string of the molecule is CC(Oc1cccc(Cl)c1)C(=O)N1CCCC(c2nnc3ccc(C(F)(F)F)cn23)C1. The molecule has 1 amide bonds. The topological polar surface area (TPSA) is 59.7 Å². The number of fused-ring (bicyclic) bond motifs is 1. The van der Waals surface area contributed by atoms with Gasteiger partial charge in [-0.15, -0.1) is 10.2 Å². The van der Waals surface area contributed by atoms with Crippen LogP contribution in [0.15, 0.2) is 42.6 Å². The molecule has 0 spiro atoms. The number of piperidine rings is 1. The van der Waals surface area contributed by atoms with E-state index in [-0.39, 0.29) is 11.8 Å². The van der Waals surface area contributed by atoms with Crippen molar-refractivity contribution in [1.29, 1.82) is 0 Å². The lowest BCUT2D eigenvalue weighted by molar-refractivity contribution is -0.139. The van der Waals surface area contributed by atoms with Gasteiger partial charge in [-0.1, -0.05) is 17.7 Å². The maximum Gasteiger partial charge on any atom is 0.417 e. The zero-order valence-corrected chi connectivity index (χ0v) is 17.4. The molecular weight excluding hydrogens is 433 g/mol. The minimum atomic E-state index is -4.46. The summed E-state index contributed by atoms with van der Waals surface area (Å²) in [7, 11) is 0. The van der Waals surface area contributed by atoms with Crippen LogP contribution in [0.25, 0.3) is 5.65 Å². The summed E-state index contributed by atoms with van der Waals surface area (Å²) in [4.78, 5) is 14.6. The van der Waals surface area contributed by atoms with Crippen LogP contribution in [0.5, 0.6) is 5.75 Å². The Bertz CT molecular complexity index is 1100. The number of pyridine rings is 1. The maximum atomic E-state index is 13.1. The predicted molar refractivity (Wildman–Crippen MR) is 108 cm³/mol. The van der Waals surface area contributed by atoms with Crippen LogP contribution in [0.4, 0.5) is 13.2 Å². The van der Waals surface area contributed by atoms with Gasteiger partial charge in [0.2, 0.25) is 0 Å². The standard InChI is InChI=1S/C21H20ClF3N4O2/c1-13(31-17-6-2-5-16(22)10-17)20(30)28-9-3-4-14(11-28)19-27-26-18-8-7-15(12-29(18)19)21(23,24)25/h2,5-8,10,12-14H,3-4,9,11H2,1H3. The fourth-order valence-corrected chi connectivity index (χ4v) is 3.97. The second-order valence-electron chi connectivity index (χ2n) is 7.54. The minimum Gasteiger partial charge on any atom is -0.481 e. The molecule has 31 heavy (non-hydrogen) atoms. The van der Waals surface area contributed by atoms with Crippen molar-refractivity contribution < 1.29 is 22.7 Å². The zero-order chi connectivity index (χ0) is 22.2. The Labute approximate surface area is 181 Å². The highest BCUT2D eigenvalue weighted by atomic mass is 35.5. The predicted octanol–water partition coefficient (Wildman–Crippen LogP) is 4.58. The third kappa shape index (κ3) is 4.61. The van der Waals surface area contributed by atoms with E-state index in [1.54, 1.807) is 36.1 Å². The Morgan fingerprint density at radius 1 is 1.26 bits per heavy atom. The number of hydrogen-bond donors (Lipinski definition) is 0. The number of hydrogen-bond acceptors (Lipinski definition) is 4. The first-order valence-electron chi connectivity index (χ1n) is 9.85. The largest absolute Gasteiger partial charge is 0.481 e. The molecule has 0 bridgehead atoms. The van der Waals surface area contributed by atoms with E-state index in [4.69, 9.17) is 16.3 Å². The van der Waals surface area contributed by atoms with Gasteiger partial charge in [-0.2, -0.15) is 13.2 Å². The first kappa shape index (κ1) is 21.4. The van der Waals surface area contributed by atoms with E-state index in [9.17, 15) is 18.0 Å². The molecule has 0 radical (unpaired) electrons. The van der Waals surface area contributed by atoms with Gasteiger partial charge < -0.3 is 9.64 Å². The molecule has 1 saturated heterocycles. The van der Waals surface area contributed by atoms with Gasteiger partial charge in [0, 0.05) is 30.2 Å². The summed E-state index contributed by atoms with van der Waals surface area (Å²) in [6.45, 7) is 2.54. The lowest BCUT2D eigenvalue weighted by atomic mass is 9.96. The van der Waals surface area contributed by atoms with E-state index in [2.05, 4.69) is 10.2 Å². The average molecular weight is 453 g/mol. The number of ether oxygens (including phenoxy) is 1. The molecule has 1 aromatic carbocycles. The van der Waals surface area contributed by atoms with Gasteiger partial charge in [0.25, 0.3) is 5.91 Å². The van der Waals surface area contributed by atoms with Crippen molar-refractivity contribution >= 4 is 23.2 Å². The van der Waals surface area contributed by atoms with Crippen molar-refractivity contribution in [3.63, 3.8) is 0 Å². The van der Waals surface area contributed by atoms with Gasteiger partial charge in [-0.25, -0.2) is 0 Å². The number of carbonyl (C=O) groups excluding carboxylic acids is 1. The average Bonchev–Trinajstić information content (AvgIpc) is 3.16. The number of rotatable bonds is 4. The Hall–Kier alpha value is -2.81. The van der Waals surface area contributed by atoms with Gasteiger partial charge in [-0.05, 0) is 50.1 Å². The van der Waals surface area contributed by atoms with Crippen LogP contribution in [0.2, 0.25) is 5.02 Å². The van der Waals surface area contributed by atoms with Crippen molar-refractivity contribution in [2.24, 2.45) is 0 Å². The van der Waals surface area contributed by atoms with E-state index in [0.29, 0.717) is 48.2 Å². The normalized spacial score (nSPS) is 18.2. The van der Waals surface area contributed by atoms with E-state index in [1.807, 2.05) is 0 Å². The van der Waals surface area contributed by atoms with Crippen molar-refractivity contribution in [2.45, 2.75) is 38.0 Å². The van der Waals surface area contributed by atoms with Gasteiger partial charge in [0.15, 0.2) is 11.8 Å². The minimum absolute atomic E-state index is 0.200. The molecule has 2 atom stereocenters. The highest BCUT2D eigenvalue weighted by molar-refractivity contribution is 6.30. The van der Waals surface area contributed by atoms with Crippen LogP contribution in [-0.2, 0) is 11.0 Å². The molecule has 10 heteroatoms. The molecule has 6 nitrogen and oxygen atoms in total. The van der Waals surface area contributed by atoms with Crippen molar-refractivity contribution in [3.05, 3.63) is 59.0 Å². The van der Waals surface area contributed by atoms with Crippen LogP contribution in [0.1, 0.15) is 37.1 Å². The van der Waals surface area contributed by atoms with E-state index >= 15 is 0 Å². The fourth-order valence-electron chi connectivity index (χ4n) is 3.79. The molecule has 3 aromatic rings. The number of alkyl halides is 3. The fraction of sp³-hybridized carbons (Fsp3) is 0.381. The number of halogens is 4. The summed E-state index contributed by atoms with van der Waals surface area (Å²) < 4.78 is 46.5. The van der Waals surface area contributed by atoms with Crippen molar-refractivity contribution in [2.75, 3.05) is 13.1 Å². The van der Waals surface area contributed by atoms with Gasteiger partial charge >= 0.3 is 6.18 Å². The number of aromatic nitrogens is 3. The number of carbonyl (C=O) groups is 1. The van der Waals surface area contributed by atoms with Gasteiger partial charge in [-0.3, -0.25) is 9.20 Å². The number of nitrogens with zero attached hydrogens (tertiary/aromatic N) is 4. The van der Waals surface area contributed by atoms with Crippen molar-refractivity contribution in [3.8, 4) is 5.75 Å². The third-order valence-corrected chi connectivity index (χ3v) is 5.55.